The Morgan fingerprint density at radius 2 is 2.33 bits per heavy atom. The third-order valence-electron chi connectivity index (χ3n) is 2.54. The molecule has 1 atom stereocenters. The normalized spacial score (nSPS) is 11.9. The topological polar surface area (TPSA) is 129 Å². The molecule has 0 aliphatic carbocycles. The van der Waals surface area contributed by atoms with Crippen molar-refractivity contribution in [3.63, 3.8) is 0 Å². The van der Waals surface area contributed by atoms with E-state index in [1.165, 1.54) is 18.2 Å². The zero-order valence-corrected chi connectivity index (χ0v) is 11.7. The highest BCUT2D eigenvalue weighted by molar-refractivity contribution is 6.33. The molecule has 0 aliphatic rings. The van der Waals surface area contributed by atoms with E-state index in [0.717, 1.165) is 0 Å². The van der Waals surface area contributed by atoms with Gasteiger partial charge in [-0.05, 0) is 23.3 Å². The third-order valence-corrected chi connectivity index (χ3v) is 2.85. The Labute approximate surface area is 124 Å². The molecule has 1 aromatic carbocycles. The van der Waals surface area contributed by atoms with Crippen molar-refractivity contribution in [1.82, 2.24) is 10.3 Å². The van der Waals surface area contributed by atoms with Crippen LogP contribution >= 0.6 is 11.6 Å². The number of nitro benzene ring substituents is 1. The molecule has 2 rings (SSSR count). The summed E-state index contributed by atoms with van der Waals surface area (Å²) in [5.41, 5.74) is 5.95. The number of non-ortho nitro benzene ring substituents is 1. The molecule has 9 nitrogen and oxygen atoms in total. The molecule has 2 aromatic rings. The number of nitrogen functional groups attached to an aromatic ring is 1. The maximum absolute atomic E-state index is 10.6. The van der Waals surface area contributed by atoms with Gasteiger partial charge in [0.05, 0.1) is 22.2 Å². The first-order chi connectivity index (χ1) is 9.97. The summed E-state index contributed by atoms with van der Waals surface area (Å²) in [6, 6.07) is 4.16. The molecule has 0 spiro atoms. The summed E-state index contributed by atoms with van der Waals surface area (Å²) in [7, 11) is 0. The number of rotatable bonds is 6. The number of hydrogen-bond donors (Lipinski definition) is 2. The minimum Gasteiger partial charge on any atom is -0.468 e. The maximum atomic E-state index is 10.6. The molecule has 21 heavy (non-hydrogen) atoms. The number of anilines is 2. The fraction of sp³-hybridized carbons (Fsp3) is 0.273. The maximum Gasteiger partial charge on any atom is 0.300 e. The van der Waals surface area contributed by atoms with E-state index in [-0.39, 0.29) is 28.5 Å². The Balaban J connectivity index is 1.93. The highest BCUT2D eigenvalue weighted by Gasteiger charge is 2.13. The lowest BCUT2D eigenvalue weighted by Gasteiger charge is -2.14. The van der Waals surface area contributed by atoms with E-state index in [0.29, 0.717) is 12.2 Å². The summed E-state index contributed by atoms with van der Waals surface area (Å²) in [4.78, 5) is 10.1. The monoisotopic (exact) mass is 313 g/mol. The molecular formula is C11H12ClN5O4. The molecule has 3 N–H and O–H groups in total. The lowest BCUT2D eigenvalue weighted by Crippen LogP contribution is -2.23. The average molecular weight is 314 g/mol. The van der Waals surface area contributed by atoms with E-state index in [9.17, 15) is 10.1 Å². The van der Waals surface area contributed by atoms with E-state index >= 15 is 0 Å². The predicted octanol–water partition coefficient (Wildman–Crippen LogP) is 2.09. The number of nitrogens with one attached hydrogen (secondary N) is 1. The van der Waals surface area contributed by atoms with Gasteiger partial charge >= 0.3 is 5.88 Å². The van der Waals surface area contributed by atoms with Gasteiger partial charge in [0.25, 0.3) is 5.69 Å². The SMILES string of the molecule is C[C@@H](CNc1ccc([N+](=O)[O-])cc1Cl)Oc1nonc1N. The number of nitro groups is 1. The zero-order chi connectivity index (χ0) is 15.4. The van der Waals surface area contributed by atoms with E-state index in [1.54, 1.807) is 6.92 Å². The van der Waals surface area contributed by atoms with E-state index in [4.69, 9.17) is 22.1 Å². The van der Waals surface area contributed by atoms with Gasteiger partial charge in [-0.15, -0.1) is 0 Å². The lowest BCUT2D eigenvalue weighted by molar-refractivity contribution is -0.384. The standard InChI is InChI=1S/C11H12ClN5O4/c1-6(20-11-10(13)15-21-16-11)5-14-9-3-2-7(17(18)19)4-8(9)12/h2-4,6,14H,5H2,1H3,(H2,13,15)/t6-/m0/s1. The van der Waals surface area contributed by atoms with Crippen LogP contribution in [0.5, 0.6) is 5.88 Å². The van der Waals surface area contributed by atoms with Crippen molar-refractivity contribution >= 4 is 28.8 Å². The number of halogens is 1. The minimum absolute atomic E-state index is 0.0650. The molecule has 0 saturated carbocycles. The van der Waals surface area contributed by atoms with Gasteiger partial charge in [0.15, 0.2) is 0 Å². The van der Waals surface area contributed by atoms with Crippen LogP contribution in [0, 0.1) is 10.1 Å². The number of nitrogens with two attached hydrogens (primary N) is 1. The van der Waals surface area contributed by atoms with Crippen LogP contribution in [0.4, 0.5) is 17.2 Å². The second-order valence-electron chi connectivity index (χ2n) is 4.19. The molecule has 112 valence electrons. The molecule has 0 bridgehead atoms. The van der Waals surface area contributed by atoms with Gasteiger partial charge < -0.3 is 15.8 Å². The Morgan fingerprint density at radius 1 is 1.57 bits per heavy atom. The predicted molar refractivity (Wildman–Crippen MR) is 75.4 cm³/mol. The van der Waals surface area contributed by atoms with Gasteiger partial charge in [-0.1, -0.05) is 11.6 Å². The summed E-state index contributed by atoms with van der Waals surface area (Å²) in [6.45, 7) is 2.16. The second-order valence-corrected chi connectivity index (χ2v) is 4.59. The Kier molecular flexibility index (Phi) is 4.43. The van der Waals surface area contributed by atoms with Crippen molar-refractivity contribution in [2.75, 3.05) is 17.6 Å². The first-order valence-corrected chi connectivity index (χ1v) is 6.27. The van der Waals surface area contributed by atoms with Crippen molar-refractivity contribution in [1.29, 1.82) is 0 Å². The number of nitrogens with zero attached hydrogens (tertiary/aromatic N) is 3. The molecule has 0 unspecified atom stereocenters. The number of aromatic nitrogens is 2. The van der Waals surface area contributed by atoms with Gasteiger partial charge in [0, 0.05) is 12.1 Å². The molecule has 0 saturated heterocycles. The minimum atomic E-state index is -0.512. The number of benzene rings is 1. The fourth-order valence-corrected chi connectivity index (χ4v) is 1.76. The smallest absolute Gasteiger partial charge is 0.300 e. The lowest BCUT2D eigenvalue weighted by atomic mass is 10.2. The summed E-state index contributed by atoms with van der Waals surface area (Å²) in [5, 5.41) is 20.8. The van der Waals surface area contributed by atoms with Crippen LogP contribution in [0.3, 0.4) is 0 Å². The Hall–Kier alpha value is -2.55. The zero-order valence-electron chi connectivity index (χ0n) is 10.9. The van der Waals surface area contributed by atoms with E-state index < -0.39 is 4.92 Å². The quantitative estimate of drug-likeness (QED) is 0.612. The van der Waals surface area contributed by atoms with Crippen molar-refractivity contribution in [3.8, 4) is 5.88 Å². The van der Waals surface area contributed by atoms with Crippen LogP contribution < -0.4 is 15.8 Å². The molecule has 1 aromatic heterocycles. The molecular weight excluding hydrogens is 302 g/mol. The summed E-state index contributed by atoms with van der Waals surface area (Å²) in [5.74, 6) is 0.175. The van der Waals surface area contributed by atoms with Crippen LogP contribution in [0.15, 0.2) is 22.8 Å². The second kappa shape index (κ2) is 6.27. The first kappa shape index (κ1) is 14.9. The van der Waals surface area contributed by atoms with Gasteiger partial charge in [-0.3, -0.25) is 10.1 Å². The molecule has 10 heteroatoms. The van der Waals surface area contributed by atoms with Crippen LogP contribution in [-0.2, 0) is 0 Å². The Morgan fingerprint density at radius 3 is 2.90 bits per heavy atom. The van der Waals surface area contributed by atoms with Gasteiger partial charge in [0.2, 0.25) is 5.82 Å². The van der Waals surface area contributed by atoms with Crippen LogP contribution in [0.25, 0.3) is 0 Å². The van der Waals surface area contributed by atoms with Gasteiger partial charge in [-0.2, -0.15) is 0 Å². The van der Waals surface area contributed by atoms with Crippen LogP contribution in [0.1, 0.15) is 6.92 Å². The molecule has 0 aliphatic heterocycles. The molecule has 0 radical (unpaired) electrons. The van der Waals surface area contributed by atoms with Crippen molar-refractivity contribution in [2.24, 2.45) is 0 Å². The first-order valence-electron chi connectivity index (χ1n) is 5.90. The van der Waals surface area contributed by atoms with Crippen LogP contribution in [-0.4, -0.2) is 27.9 Å². The molecule has 0 fully saturated rings. The van der Waals surface area contributed by atoms with Crippen molar-refractivity contribution in [3.05, 3.63) is 33.3 Å². The molecule has 1 heterocycles. The third kappa shape index (κ3) is 3.72. The van der Waals surface area contributed by atoms with E-state index in [2.05, 4.69) is 20.3 Å². The highest BCUT2D eigenvalue weighted by atomic mass is 35.5. The van der Waals surface area contributed by atoms with Crippen molar-refractivity contribution in [2.45, 2.75) is 13.0 Å². The van der Waals surface area contributed by atoms with Crippen LogP contribution in [0.2, 0.25) is 5.02 Å². The number of hydrogen-bond acceptors (Lipinski definition) is 8. The summed E-state index contributed by atoms with van der Waals surface area (Å²) in [6.07, 6.45) is -0.301. The number of ether oxygens (including phenoxy) is 1. The Bertz CT molecular complexity index is 647. The highest BCUT2D eigenvalue weighted by Crippen LogP contribution is 2.26. The largest absolute Gasteiger partial charge is 0.468 e. The van der Waals surface area contributed by atoms with Crippen molar-refractivity contribution < 1.29 is 14.3 Å². The van der Waals surface area contributed by atoms with Gasteiger partial charge in [-0.25, -0.2) is 4.63 Å². The van der Waals surface area contributed by atoms with Gasteiger partial charge in [0.1, 0.15) is 6.10 Å². The fourth-order valence-electron chi connectivity index (χ4n) is 1.52. The summed E-state index contributed by atoms with van der Waals surface area (Å²) >= 11 is 5.96. The molecule has 0 amide bonds. The summed E-state index contributed by atoms with van der Waals surface area (Å²) < 4.78 is 9.81. The average Bonchev–Trinajstić information content (AvgIpc) is 2.82. The van der Waals surface area contributed by atoms with E-state index in [1.807, 2.05) is 0 Å².